The van der Waals surface area contributed by atoms with Gasteiger partial charge in [0.05, 0.1) is 19.6 Å². The fourth-order valence-corrected chi connectivity index (χ4v) is 4.36. The van der Waals surface area contributed by atoms with Crippen molar-refractivity contribution in [3.63, 3.8) is 0 Å². The Morgan fingerprint density at radius 2 is 1.69 bits per heavy atom. The molecule has 0 spiro atoms. The van der Waals surface area contributed by atoms with Gasteiger partial charge in [-0.15, -0.1) is 0 Å². The van der Waals surface area contributed by atoms with Crippen molar-refractivity contribution in [2.45, 2.75) is 52.4 Å². The molecule has 1 N–H and O–H groups in total. The van der Waals surface area contributed by atoms with Crippen molar-refractivity contribution in [3.8, 4) is 11.5 Å². The van der Waals surface area contributed by atoms with Gasteiger partial charge >= 0.3 is 5.97 Å². The number of carbonyl (C=O) groups is 1. The first-order valence-corrected chi connectivity index (χ1v) is 11.4. The number of aliphatic carboxylic acids is 1. The summed E-state index contributed by atoms with van der Waals surface area (Å²) in [5.74, 6) is 0.738. The van der Waals surface area contributed by atoms with Crippen molar-refractivity contribution >= 4 is 5.97 Å². The van der Waals surface area contributed by atoms with E-state index in [4.69, 9.17) is 9.47 Å². The fourth-order valence-electron chi connectivity index (χ4n) is 4.36. The predicted molar refractivity (Wildman–Crippen MR) is 130 cm³/mol. The number of aryl methyl sites for hydroxylation is 2. The lowest BCUT2D eigenvalue weighted by Crippen LogP contribution is -2.41. The molecule has 5 nitrogen and oxygen atoms in total. The van der Waals surface area contributed by atoms with Gasteiger partial charge < -0.3 is 19.5 Å². The van der Waals surface area contributed by atoms with E-state index in [0.717, 1.165) is 48.6 Å². The predicted octanol–water partition coefficient (Wildman–Crippen LogP) is 5.25. The minimum Gasteiger partial charge on any atom is -0.493 e. The summed E-state index contributed by atoms with van der Waals surface area (Å²) in [6.45, 7) is 9.88. The standard InChI is InChI=1S/C27H39NO4/c1-19(2)27(26(29)30,23-11-9-20(3)21(4)17-23)14-8-15-28(5)16-13-22-10-12-24(31-6)25(18-22)32-7/h9-12,17-19H,8,13-16H2,1-7H3,(H,29,30). The van der Waals surface area contributed by atoms with Gasteiger partial charge in [-0.25, -0.2) is 0 Å². The normalized spacial score (nSPS) is 13.3. The van der Waals surface area contributed by atoms with Gasteiger partial charge in [-0.1, -0.05) is 38.1 Å². The van der Waals surface area contributed by atoms with E-state index in [2.05, 4.69) is 31.0 Å². The third-order valence-electron chi connectivity index (χ3n) is 6.73. The highest BCUT2D eigenvalue weighted by Gasteiger charge is 2.43. The lowest BCUT2D eigenvalue weighted by molar-refractivity contribution is -0.146. The van der Waals surface area contributed by atoms with E-state index < -0.39 is 11.4 Å². The van der Waals surface area contributed by atoms with Crippen molar-refractivity contribution in [2.24, 2.45) is 5.92 Å². The number of nitrogens with zero attached hydrogens (tertiary/aromatic N) is 1. The Balaban J connectivity index is 2.03. The monoisotopic (exact) mass is 441 g/mol. The lowest BCUT2D eigenvalue weighted by Gasteiger charge is -2.35. The number of hydrogen-bond acceptors (Lipinski definition) is 4. The van der Waals surface area contributed by atoms with Crippen LogP contribution in [0, 0.1) is 19.8 Å². The minimum absolute atomic E-state index is 0.000763. The average Bonchev–Trinajstić information content (AvgIpc) is 2.76. The second kappa shape index (κ2) is 11.4. The minimum atomic E-state index is -0.872. The van der Waals surface area contributed by atoms with Crippen molar-refractivity contribution in [2.75, 3.05) is 34.4 Å². The number of hydrogen-bond donors (Lipinski definition) is 1. The summed E-state index contributed by atoms with van der Waals surface area (Å²) in [7, 11) is 5.37. The molecule has 0 bridgehead atoms. The van der Waals surface area contributed by atoms with Gasteiger partial charge in [-0.05, 0) is 87.0 Å². The molecule has 0 aliphatic carbocycles. The zero-order valence-electron chi connectivity index (χ0n) is 20.7. The summed E-state index contributed by atoms with van der Waals surface area (Å²) >= 11 is 0. The molecule has 32 heavy (non-hydrogen) atoms. The van der Waals surface area contributed by atoms with E-state index >= 15 is 0 Å². The zero-order valence-corrected chi connectivity index (χ0v) is 20.7. The van der Waals surface area contributed by atoms with E-state index in [-0.39, 0.29) is 5.92 Å². The van der Waals surface area contributed by atoms with Crippen molar-refractivity contribution in [1.29, 1.82) is 0 Å². The summed E-state index contributed by atoms with van der Waals surface area (Å²) in [6.07, 6.45) is 2.32. The lowest BCUT2D eigenvalue weighted by atomic mass is 9.68. The van der Waals surface area contributed by atoms with Gasteiger partial charge in [0.15, 0.2) is 11.5 Å². The molecule has 0 aromatic heterocycles. The molecule has 2 aromatic carbocycles. The number of carboxylic acid groups (broad SMARTS) is 1. The fraction of sp³-hybridized carbons (Fsp3) is 0.519. The number of likely N-dealkylation sites (N-methyl/N-ethyl adjacent to an activating group) is 1. The van der Waals surface area contributed by atoms with Crippen LogP contribution in [0.3, 0.4) is 0 Å². The molecule has 1 unspecified atom stereocenters. The number of rotatable bonds is 12. The number of carboxylic acids is 1. The van der Waals surface area contributed by atoms with E-state index in [9.17, 15) is 9.90 Å². The Labute approximate surface area is 193 Å². The van der Waals surface area contributed by atoms with Crippen molar-refractivity contribution in [3.05, 3.63) is 58.7 Å². The topological polar surface area (TPSA) is 59.0 Å². The van der Waals surface area contributed by atoms with Crippen LogP contribution < -0.4 is 9.47 Å². The molecule has 0 saturated heterocycles. The van der Waals surface area contributed by atoms with Gasteiger partial charge in [0.1, 0.15) is 0 Å². The SMILES string of the molecule is COc1ccc(CCN(C)CCCC(C(=O)O)(c2ccc(C)c(C)c2)C(C)C)cc1OC. The van der Waals surface area contributed by atoms with Crippen molar-refractivity contribution < 1.29 is 19.4 Å². The van der Waals surface area contributed by atoms with Crippen LogP contribution in [0.5, 0.6) is 11.5 Å². The second-order valence-electron chi connectivity index (χ2n) is 9.08. The molecular weight excluding hydrogens is 402 g/mol. The Bertz CT molecular complexity index is 909. The highest BCUT2D eigenvalue weighted by atomic mass is 16.5. The zero-order chi connectivity index (χ0) is 23.9. The molecule has 0 fully saturated rings. The molecule has 2 aromatic rings. The molecule has 0 saturated carbocycles. The number of benzene rings is 2. The van der Waals surface area contributed by atoms with E-state index in [0.29, 0.717) is 6.42 Å². The Morgan fingerprint density at radius 1 is 1.00 bits per heavy atom. The third-order valence-corrected chi connectivity index (χ3v) is 6.73. The van der Waals surface area contributed by atoms with Crippen LogP contribution in [-0.2, 0) is 16.6 Å². The molecule has 0 heterocycles. The Morgan fingerprint density at radius 3 is 2.25 bits per heavy atom. The molecule has 0 radical (unpaired) electrons. The second-order valence-corrected chi connectivity index (χ2v) is 9.08. The summed E-state index contributed by atoms with van der Waals surface area (Å²) in [5.41, 5.74) is 3.55. The van der Waals surface area contributed by atoms with Crippen LogP contribution in [0.1, 0.15) is 48.9 Å². The largest absolute Gasteiger partial charge is 0.493 e. The summed E-state index contributed by atoms with van der Waals surface area (Å²) in [4.78, 5) is 14.8. The van der Waals surface area contributed by atoms with Crippen LogP contribution in [0.4, 0.5) is 0 Å². The van der Waals surface area contributed by atoms with Crippen LogP contribution >= 0.6 is 0 Å². The molecular formula is C27H39NO4. The van der Waals surface area contributed by atoms with Gasteiger partial charge in [-0.3, -0.25) is 4.79 Å². The number of methoxy groups -OCH3 is 2. The summed E-state index contributed by atoms with van der Waals surface area (Å²) < 4.78 is 10.7. The van der Waals surface area contributed by atoms with Gasteiger partial charge in [-0.2, -0.15) is 0 Å². The maximum atomic E-state index is 12.5. The van der Waals surface area contributed by atoms with Crippen molar-refractivity contribution in [1.82, 2.24) is 4.90 Å². The first-order valence-electron chi connectivity index (χ1n) is 11.4. The molecule has 1 atom stereocenters. The molecule has 176 valence electrons. The first-order chi connectivity index (χ1) is 15.1. The summed E-state index contributed by atoms with van der Waals surface area (Å²) in [5, 5.41) is 10.3. The number of ether oxygens (including phenoxy) is 2. The smallest absolute Gasteiger partial charge is 0.314 e. The molecule has 0 aliphatic rings. The maximum Gasteiger partial charge on any atom is 0.314 e. The third kappa shape index (κ3) is 5.83. The Hall–Kier alpha value is -2.53. The molecule has 0 amide bonds. The quantitative estimate of drug-likeness (QED) is 0.487. The van der Waals surface area contributed by atoms with E-state index in [1.165, 1.54) is 11.1 Å². The first kappa shape index (κ1) is 25.7. The van der Waals surface area contributed by atoms with Crippen LogP contribution in [-0.4, -0.2) is 50.3 Å². The van der Waals surface area contributed by atoms with Crippen LogP contribution in [0.25, 0.3) is 0 Å². The maximum absolute atomic E-state index is 12.5. The Kier molecular flexibility index (Phi) is 9.14. The van der Waals surface area contributed by atoms with Gasteiger partial charge in [0.25, 0.3) is 0 Å². The highest BCUT2D eigenvalue weighted by molar-refractivity contribution is 5.82. The highest BCUT2D eigenvalue weighted by Crippen LogP contribution is 2.38. The van der Waals surface area contributed by atoms with Crippen LogP contribution in [0.15, 0.2) is 36.4 Å². The average molecular weight is 442 g/mol. The van der Waals surface area contributed by atoms with E-state index in [1.807, 2.05) is 45.0 Å². The molecule has 2 rings (SSSR count). The molecule has 5 heteroatoms. The van der Waals surface area contributed by atoms with E-state index in [1.54, 1.807) is 14.2 Å². The molecule has 0 aliphatic heterocycles. The van der Waals surface area contributed by atoms with Gasteiger partial charge in [0.2, 0.25) is 0 Å². The summed E-state index contributed by atoms with van der Waals surface area (Å²) in [6, 6.07) is 12.1. The van der Waals surface area contributed by atoms with Gasteiger partial charge in [0, 0.05) is 6.54 Å². The van der Waals surface area contributed by atoms with Crippen LogP contribution in [0.2, 0.25) is 0 Å².